The number of nitrogens with one attached hydrogen (secondary N) is 1. The lowest BCUT2D eigenvalue weighted by molar-refractivity contribution is 0.506. The van der Waals surface area contributed by atoms with Crippen molar-refractivity contribution in [2.45, 2.75) is 72.1 Å². The zero-order valence-corrected chi connectivity index (χ0v) is 14.2. The SMILES string of the molecule is CCCNCC(C)Cc1c(C)nc(C2CCCC2)nc1C. The van der Waals surface area contributed by atoms with Crippen molar-refractivity contribution in [3.8, 4) is 0 Å². The van der Waals surface area contributed by atoms with E-state index in [4.69, 9.17) is 9.97 Å². The van der Waals surface area contributed by atoms with Crippen molar-refractivity contribution in [3.05, 3.63) is 22.8 Å². The van der Waals surface area contributed by atoms with Crippen LogP contribution in [0.5, 0.6) is 0 Å². The number of nitrogens with zero attached hydrogens (tertiary/aromatic N) is 2. The molecule has 1 unspecified atom stereocenters. The van der Waals surface area contributed by atoms with E-state index in [0.29, 0.717) is 11.8 Å². The van der Waals surface area contributed by atoms with Crippen LogP contribution >= 0.6 is 0 Å². The topological polar surface area (TPSA) is 37.8 Å². The predicted molar refractivity (Wildman–Crippen MR) is 88.7 cm³/mol. The third-order valence-electron chi connectivity index (χ3n) is 4.63. The minimum atomic E-state index is 0.611. The van der Waals surface area contributed by atoms with Gasteiger partial charge in [-0.25, -0.2) is 9.97 Å². The zero-order chi connectivity index (χ0) is 15.2. The largest absolute Gasteiger partial charge is 0.316 e. The Morgan fingerprint density at radius 1 is 1.14 bits per heavy atom. The first-order valence-corrected chi connectivity index (χ1v) is 8.66. The number of aromatic nitrogens is 2. The van der Waals surface area contributed by atoms with Gasteiger partial charge in [-0.2, -0.15) is 0 Å². The summed E-state index contributed by atoms with van der Waals surface area (Å²) in [5, 5.41) is 3.51. The monoisotopic (exact) mass is 289 g/mol. The first kappa shape index (κ1) is 16.4. The molecule has 21 heavy (non-hydrogen) atoms. The Morgan fingerprint density at radius 2 is 1.76 bits per heavy atom. The lowest BCUT2D eigenvalue weighted by Gasteiger charge is -2.17. The van der Waals surface area contributed by atoms with Crippen LogP contribution in [-0.4, -0.2) is 23.1 Å². The number of hydrogen-bond acceptors (Lipinski definition) is 3. The molecule has 0 bridgehead atoms. The van der Waals surface area contributed by atoms with E-state index in [9.17, 15) is 0 Å². The second-order valence-corrected chi connectivity index (χ2v) is 6.73. The highest BCUT2D eigenvalue weighted by Crippen LogP contribution is 2.32. The van der Waals surface area contributed by atoms with Crippen LogP contribution in [0.4, 0.5) is 0 Å². The average molecular weight is 289 g/mol. The Balaban J connectivity index is 2.02. The minimum absolute atomic E-state index is 0.611. The van der Waals surface area contributed by atoms with Gasteiger partial charge in [-0.3, -0.25) is 0 Å². The molecule has 2 rings (SSSR count). The van der Waals surface area contributed by atoms with Crippen LogP contribution in [0.2, 0.25) is 0 Å². The van der Waals surface area contributed by atoms with Gasteiger partial charge in [-0.05, 0) is 64.1 Å². The quantitative estimate of drug-likeness (QED) is 0.773. The molecule has 0 aromatic carbocycles. The molecule has 1 saturated carbocycles. The van der Waals surface area contributed by atoms with Gasteiger partial charge in [0.2, 0.25) is 0 Å². The lowest BCUT2D eigenvalue weighted by atomic mass is 9.98. The molecule has 0 spiro atoms. The van der Waals surface area contributed by atoms with Gasteiger partial charge in [0.25, 0.3) is 0 Å². The maximum Gasteiger partial charge on any atom is 0.131 e. The molecule has 1 fully saturated rings. The van der Waals surface area contributed by atoms with Gasteiger partial charge in [-0.1, -0.05) is 26.7 Å². The van der Waals surface area contributed by atoms with Crippen molar-refractivity contribution >= 4 is 0 Å². The summed E-state index contributed by atoms with van der Waals surface area (Å²) in [7, 11) is 0. The Kier molecular flexibility index (Phi) is 6.16. The van der Waals surface area contributed by atoms with Gasteiger partial charge in [-0.15, -0.1) is 0 Å². The van der Waals surface area contributed by atoms with Gasteiger partial charge in [0.1, 0.15) is 5.82 Å². The maximum atomic E-state index is 4.83. The standard InChI is InChI=1S/C18H31N3/c1-5-10-19-12-13(2)11-17-14(3)20-18(21-15(17)4)16-8-6-7-9-16/h13,16,19H,5-12H2,1-4H3. The minimum Gasteiger partial charge on any atom is -0.316 e. The van der Waals surface area contributed by atoms with Gasteiger partial charge in [0.15, 0.2) is 0 Å². The van der Waals surface area contributed by atoms with E-state index in [-0.39, 0.29) is 0 Å². The van der Waals surface area contributed by atoms with Crippen molar-refractivity contribution in [1.82, 2.24) is 15.3 Å². The van der Waals surface area contributed by atoms with E-state index < -0.39 is 0 Å². The summed E-state index contributed by atoms with van der Waals surface area (Å²) >= 11 is 0. The fourth-order valence-electron chi connectivity index (χ4n) is 3.37. The predicted octanol–water partition coefficient (Wildman–Crippen LogP) is 3.93. The molecule has 1 heterocycles. The molecule has 0 radical (unpaired) electrons. The second kappa shape index (κ2) is 7.88. The Bertz CT molecular complexity index is 427. The maximum absolute atomic E-state index is 4.83. The smallest absolute Gasteiger partial charge is 0.131 e. The molecule has 1 atom stereocenters. The van der Waals surface area contributed by atoms with Crippen molar-refractivity contribution in [2.24, 2.45) is 5.92 Å². The highest BCUT2D eigenvalue weighted by atomic mass is 14.9. The van der Waals surface area contributed by atoms with E-state index in [1.165, 1.54) is 49.1 Å². The zero-order valence-electron chi connectivity index (χ0n) is 14.2. The Morgan fingerprint density at radius 3 is 2.33 bits per heavy atom. The van der Waals surface area contributed by atoms with E-state index in [2.05, 4.69) is 33.0 Å². The van der Waals surface area contributed by atoms with Crippen LogP contribution in [0, 0.1) is 19.8 Å². The summed E-state index contributed by atoms with van der Waals surface area (Å²) in [6, 6.07) is 0. The van der Waals surface area contributed by atoms with E-state index in [1.807, 2.05) is 0 Å². The summed E-state index contributed by atoms with van der Waals surface area (Å²) in [5.74, 6) is 2.35. The van der Waals surface area contributed by atoms with Crippen LogP contribution in [0.3, 0.4) is 0 Å². The Labute approximate surface area is 130 Å². The van der Waals surface area contributed by atoms with Crippen molar-refractivity contribution in [2.75, 3.05) is 13.1 Å². The summed E-state index contributed by atoms with van der Waals surface area (Å²) in [6.07, 6.45) is 7.51. The molecule has 3 heteroatoms. The molecule has 1 aliphatic rings. The van der Waals surface area contributed by atoms with Crippen molar-refractivity contribution < 1.29 is 0 Å². The van der Waals surface area contributed by atoms with Crippen molar-refractivity contribution in [1.29, 1.82) is 0 Å². The van der Waals surface area contributed by atoms with Crippen LogP contribution < -0.4 is 5.32 Å². The summed E-state index contributed by atoms with van der Waals surface area (Å²) < 4.78 is 0. The number of hydrogen-bond donors (Lipinski definition) is 1. The van der Waals surface area contributed by atoms with E-state index >= 15 is 0 Å². The molecule has 1 N–H and O–H groups in total. The Hall–Kier alpha value is -0.960. The van der Waals surface area contributed by atoms with E-state index in [1.54, 1.807) is 0 Å². The molecule has 1 aliphatic carbocycles. The summed E-state index contributed by atoms with van der Waals surface area (Å²) in [4.78, 5) is 9.67. The summed E-state index contributed by atoms with van der Waals surface area (Å²) in [5.41, 5.74) is 3.76. The fourth-order valence-corrected chi connectivity index (χ4v) is 3.37. The van der Waals surface area contributed by atoms with Gasteiger partial charge < -0.3 is 5.32 Å². The molecular weight excluding hydrogens is 258 g/mol. The molecule has 118 valence electrons. The normalized spacial score (nSPS) is 17.3. The van der Waals surface area contributed by atoms with Crippen LogP contribution in [0.1, 0.15) is 74.6 Å². The van der Waals surface area contributed by atoms with Crippen molar-refractivity contribution in [3.63, 3.8) is 0 Å². The van der Waals surface area contributed by atoms with Gasteiger partial charge in [0, 0.05) is 17.3 Å². The highest BCUT2D eigenvalue weighted by molar-refractivity contribution is 5.26. The van der Waals surface area contributed by atoms with Crippen LogP contribution in [0.25, 0.3) is 0 Å². The molecular formula is C18H31N3. The number of rotatable bonds is 7. The molecule has 3 nitrogen and oxygen atoms in total. The van der Waals surface area contributed by atoms with E-state index in [0.717, 1.165) is 25.3 Å². The number of aryl methyl sites for hydroxylation is 2. The first-order chi connectivity index (χ1) is 10.1. The average Bonchev–Trinajstić information content (AvgIpc) is 2.97. The highest BCUT2D eigenvalue weighted by Gasteiger charge is 2.21. The molecule has 1 aromatic heterocycles. The second-order valence-electron chi connectivity index (χ2n) is 6.73. The van der Waals surface area contributed by atoms with Crippen LogP contribution in [0.15, 0.2) is 0 Å². The van der Waals surface area contributed by atoms with Crippen LogP contribution in [-0.2, 0) is 6.42 Å². The molecule has 0 amide bonds. The fraction of sp³-hybridized carbons (Fsp3) is 0.778. The molecule has 1 aromatic rings. The first-order valence-electron chi connectivity index (χ1n) is 8.66. The van der Waals surface area contributed by atoms with Gasteiger partial charge in [0.05, 0.1) is 0 Å². The lowest BCUT2D eigenvalue weighted by Crippen LogP contribution is -2.24. The summed E-state index contributed by atoms with van der Waals surface area (Å²) in [6.45, 7) is 11.0. The third-order valence-corrected chi connectivity index (χ3v) is 4.63. The third kappa shape index (κ3) is 4.50. The van der Waals surface area contributed by atoms with Gasteiger partial charge >= 0.3 is 0 Å². The molecule has 0 aliphatic heterocycles. The molecule has 0 saturated heterocycles.